The first-order valence-electron chi connectivity index (χ1n) is 10.1. The number of aryl methyl sites for hydroxylation is 2. The van der Waals surface area contributed by atoms with Gasteiger partial charge in [-0.15, -0.1) is 0 Å². The number of carbonyl (C=O) groups excluding carboxylic acids is 1. The van der Waals surface area contributed by atoms with Crippen molar-refractivity contribution in [3.05, 3.63) is 51.9 Å². The number of amides is 1. The van der Waals surface area contributed by atoms with Gasteiger partial charge in [-0.05, 0) is 38.0 Å². The summed E-state index contributed by atoms with van der Waals surface area (Å²) in [6, 6.07) is 1.38. The minimum absolute atomic E-state index is 0.0659. The lowest BCUT2D eigenvalue weighted by Gasteiger charge is -2.23. The first-order valence-corrected chi connectivity index (χ1v) is 10.1. The smallest absolute Gasteiger partial charge is 0.361 e. The Balaban J connectivity index is 1.69. The number of nitrogens with zero attached hydrogens (tertiary/aromatic N) is 3. The lowest BCUT2D eigenvalue weighted by molar-refractivity contribution is -0.143. The summed E-state index contributed by atoms with van der Waals surface area (Å²) < 4.78 is 83.8. The molecule has 0 atom stereocenters. The summed E-state index contributed by atoms with van der Waals surface area (Å²) in [6.45, 7) is 6.09. The Morgan fingerprint density at radius 1 is 1.03 bits per heavy atom. The standard InChI is InChI=1S/C21H23F6N3O2/c1-13-17(14(2)32-28-13)12-29-6-3-7-30(9-8-29)19(31)10-15-4-5-16(20(22,23)24)11-18(15)21(25,26)27/h4-5,11H,3,6-10,12H2,1-2H3. The molecule has 1 saturated heterocycles. The van der Waals surface area contributed by atoms with Crippen molar-refractivity contribution in [3.63, 3.8) is 0 Å². The molecule has 2 heterocycles. The van der Waals surface area contributed by atoms with Gasteiger partial charge in [-0.25, -0.2) is 0 Å². The summed E-state index contributed by atoms with van der Waals surface area (Å²) >= 11 is 0. The van der Waals surface area contributed by atoms with Gasteiger partial charge in [0.05, 0.1) is 23.2 Å². The van der Waals surface area contributed by atoms with Gasteiger partial charge >= 0.3 is 12.4 Å². The SMILES string of the molecule is Cc1noc(C)c1CN1CCCN(C(=O)Cc2ccc(C(F)(F)F)cc2C(F)(F)F)CC1. The van der Waals surface area contributed by atoms with E-state index in [1.54, 1.807) is 0 Å². The predicted molar refractivity (Wildman–Crippen MR) is 103 cm³/mol. The van der Waals surface area contributed by atoms with Crippen LogP contribution in [-0.2, 0) is 30.1 Å². The quantitative estimate of drug-likeness (QED) is 0.622. The van der Waals surface area contributed by atoms with Crippen LogP contribution in [0.5, 0.6) is 0 Å². The van der Waals surface area contributed by atoms with Gasteiger partial charge in [-0.2, -0.15) is 26.3 Å². The molecule has 176 valence electrons. The molecule has 1 aliphatic rings. The van der Waals surface area contributed by atoms with Crippen molar-refractivity contribution in [2.45, 2.75) is 45.6 Å². The Morgan fingerprint density at radius 3 is 2.34 bits per heavy atom. The molecular formula is C21H23F6N3O2. The third kappa shape index (κ3) is 5.62. The zero-order chi connectivity index (χ0) is 23.7. The van der Waals surface area contributed by atoms with Crippen LogP contribution >= 0.6 is 0 Å². The van der Waals surface area contributed by atoms with Crippen LogP contribution in [-0.4, -0.2) is 47.0 Å². The molecule has 11 heteroatoms. The van der Waals surface area contributed by atoms with Crippen molar-refractivity contribution in [3.8, 4) is 0 Å². The third-order valence-electron chi connectivity index (χ3n) is 5.59. The van der Waals surface area contributed by atoms with Crippen molar-refractivity contribution in [2.24, 2.45) is 0 Å². The summed E-state index contributed by atoms with van der Waals surface area (Å²) in [5.74, 6) is 0.163. The molecule has 1 aromatic carbocycles. The maximum Gasteiger partial charge on any atom is 0.416 e. The van der Waals surface area contributed by atoms with E-state index in [0.717, 1.165) is 17.3 Å². The topological polar surface area (TPSA) is 49.6 Å². The van der Waals surface area contributed by atoms with Gasteiger partial charge < -0.3 is 9.42 Å². The molecule has 32 heavy (non-hydrogen) atoms. The number of alkyl halides is 6. The van der Waals surface area contributed by atoms with E-state index in [0.29, 0.717) is 51.0 Å². The van der Waals surface area contributed by atoms with E-state index >= 15 is 0 Å². The average Bonchev–Trinajstić information content (AvgIpc) is 2.88. The molecule has 0 spiro atoms. The van der Waals surface area contributed by atoms with Gasteiger partial charge in [0.2, 0.25) is 5.91 Å². The number of halogens is 6. The molecule has 0 aliphatic carbocycles. The van der Waals surface area contributed by atoms with E-state index in [1.807, 2.05) is 13.8 Å². The maximum absolute atomic E-state index is 13.4. The predicted octanol–water partition coefficient (Wildman–Crippen LogP) is 4.61. The largest absolute Gasteiger partial charge is 0.416 e. The van der Waals surface area contributed by atoms with Gasteiger partial charge in [0.25, 0.3) is 0 Å². The molecule has 0 bridgehead atoms. The fourth-order valence-corrected chi connectivity index (χ4v) is 3.78. The second kappa shape index (κ2) is 9.13. The Hall–Kier alpha value is -2.56. The number of aromatic nitrogens is 1. The molecule has 1 aliphatic heterocycles. The summed E-state index contributed by atoms with van der Waals surface area (Å²) in [6.07, 6.45) is -9.90. The maximum atomic E-state index is 13.4. The second-order valence-electron chi connectivity index (χ2n) is 7.86. The molecule has 0 radical (unpaired) electrons. The second-order valence-corrected chi connectivity index (χ2v) is 7.86. The molecule has 3 rings (SSSR count). The zero-order valence-corrected chi connectivity index (χ0v) is 17.6. The van der Waals surface area contributed by atoms with Gasteiger partial charge in [-0.1, -0.05) is 11.2 Å². The van der Waals surface area contributed by atoms with E-state index in [2.05, 4.69) is 10.1 Å². The monoisotopic (exact) mass is 463 g/mol. The number of rotatable bonds is 4. The van der Waals surface area contributed by atoms with E-state index < -0.39 is 41.4 Å². The number of benzene rings is 1. The number of carbonyl (C=O) groups is 1. The van der Waals surface area contributed by atoms with Crippen molar-refractivity contribution in [1.29, 1.82) is 0 Å². The minimum atomic E-state index is -5.00. The molecule has 5 nitrogen and oxygen atoms in total. The van der Waals surface area contributed by atoms with Crippen LogP contribution in [0.25, 0.3) is 0 Å². The van der Waals surface area contributed by atoms with Crippen molar-refractivity contribution >= 4 is 5.91 Å². The summed E-state index contributed by atoms with van der Waals surface area (Å²) in [5, 5.41) is 3.92. The summed E-state index contributed by atoms with van der Waals surface area (Å²) in [4.78, 5) is 16.3. The molecule has 0 N–H and O–H groups in total. The number of hydrogen-bond acceptors (Lipinski definition) is 4. The Labute approximate surface area is 181 Å². The van der Waals surface area contributed by atoms with E-state index in [4.69, 9.17) is 4.52 Å². The lowest BCUT2D eigenvalue weighted by Crippen LogP contribution is -2.36. The van der Waals surface area contributed by atoms with Crippen LogP contribution < -0.4 is 0 Å². The van der Waals surface area contributed by atoms with Gasteiger partial charge in [0.1, 0.15) is 5.76 Å². The van der Waals surface area contributed by atoms with Gasteiger partial charge in [-0.3, -0.25) is 9.69 Å². The van der Waals surface area contributed by atoms with Crippen LogP contribution in [0.4, 0.5) is 26.3 Å². The fourth-order valence-electron chi connectivity index (χ4n) is 3.78. The molecule has 1 amide bonds. The first kappa shape index (κ1) is 24.1. The zero-order valence-electron chi connectivity index (χ0n) is 17.6. The highest BCUT2D eigenvalue weighted by Crippen LogP contribution is 2.37. The first-order chi connectivity index (χ1) is 14.9. The highest BCUT2D eigenvalue weighted by molar-refractivity contribution is 5.79. The molecule has 2 aromatic rings. The van der Waals surface area contributed by atoms with Crippen molar-refractivity contribution < 1.29 is 35.7 Å². The molecule has 0 unspecified atom stereocenters. The van der Waals surface area contributed by atoms with Crippen LogP contribution in [0.1, 0.15) is 40.1 Å². The van der Waals surface area contributed by atoms with Gasteiger partial charge in [0.15, 0.2) is 0 Å². The molecule has 0 saturated carbocycles. The fraction of sp³-hybridized carbons (Fsp3) is 0.524. The summed E-state index contributed by atoms with van der Waals surface area (Å²) in [7, 11) is 0. The molecule has 1 fully saturated rings. The lowest BCUT2D eigenvalue weighted by atomic mass is 10.00. The Kier molecular flexibility index (Phi) is 6.87. The summed E-state index contributed by atoms with van der Waals surface area (Å²) in [5.41, 5.74) is -1.56. The van der Waals surface area contributed by atoms with Crippen LogP contribution in [0.15, 0.2) is 22.7 Å². The van der Waals surface area contributed by atoms with Crippen LogP contribution in [0.3, 0.4) is 0 Å². The molecular weight excluding hydrogens is 440 g/mol. The van der Waals surface area contributed by atoms with Gasteiger partial charge in [0, 0.05) is 38.3 Å². The third-order valence-corrected chi connectivity index (χ3v) is 5.59. The van der Waals surface area contributed by atoms with Crippen LogP contribution in [0.2, 0.25) is 0 Å². The normalized spacial score (nSPS) is 16.3. The van der Waals surface area contributed by atoms with Crippen LogP contribution in [0, 0.1) is 13.8 Å². The highest BCUT2D eigenvalue weighted by Gasteiger charge is 2.38. The van der Waals surface area contributed by atoms with E-state index in [9.17, 15) is 31.1 Å². The Bertz CT molecular complexity index is 948. The minimum Gasteiger partial charge on any atom is -0.361 e. The van der Waals surface area contributed by atoms with E-state index in [-0.39, 0.29) is 6.07 Å². The van der Waals surface area contributed by atoms with E-state index in [1.165, 1.54) is 4.90 Å². The van der Waals surface area contributed by atoms with Crippen molar-refractivity contribution in [1.82, 2.24) is 15.0 Å². The average molecular weight is 463 g/mol. The van der Waals surface area contributed by atoms with Crippen molar-refractivity contribution in [2.75, 3.05) is 26.2 Å². The highest BCUT2D eigenvalue weighted by atomic mass is 19.4. The molecule has 1 aromatic heterocycles. The number of hydrogen-bond donors (Lipinski definition) is 0. The Morgan fingerprint density at radius 2 is 1.75 bits per heavy atom.